The van der Waals surface area contributed by atoms with E-state index >= 15 is 0 Å². The number of benzene rings is 1. The van der Waals surface area contributed by atoms with E-state index in [9.17, 15) is 0 Å². The summed E-state index contributed by atoms with van der Waals surface area (Å²) in [5.41, 5.74) is 1.32. The third-order valence-corrected chi connectivity index (χ3v) is 2.60. The smallest absolute Gasteiger partial charge is 0.0327 e. The first-order valence-electron chi connectivity index (χ1n) is 4.38. The Morgan fingerprint density at radius 3 is 2.23 bits per heavy atom. The van der Waals surface area contributed by atoms with Crippen molar-refractivity contribution < 1.29 is 0 Å². The van der Waals surface area contributed by atoms with Crippen LogP contribution in [0.4, 0.5) is 0 Å². The molecule has 72 valence electrons. The SMILES string of the molecule is CC(C)Cc1ccc(S(=N)N)cc1. The molecule has 1 aromatic rings. The van der Waals surface area contributed by atoms with Gasteiger partial charge >= 0.3 is 0 Å². The molecular formula is C10H16N2S. The highest BCUT2D eigenvalue weighted by atomic mass is 32.2. The van der Waals surface area contributed by atoms with Crippen molar-refractivity contribution in [3.63, 3.8) is 0 Å². The first-order valence-corrected chi connectivity index (χ1v) is 5.67. The first kappa shape index (κ1) is 10.4. The first-order chi connectivity index (χ1) is 6.09. The van der Waals surface area contributed by atoms with Gasteiger partial charge in [0.25, 0.3) is 0 Å². The van der Waals surface area contributed by atoms with Gasteiger partial charge in [-0.05, 0) is 40.9 Å². The highest BCUT2D eigenvalue weighted by Gasteiger charge is 1.98. The van der Waals surface area contributed by atoms with E-state index in [-0.39, 0.29) is 0 Å². The van der Waals surface area contributed by atoms with Crippen molar-refractivity contribution in [1.82, 2.24) is 0 Å². The van der Waals surface area contributed by atoms with Crippen LogP contribution in [0.2, 0.25) is 0 Å². The van der Waals surface area contributed by atoms with Gasteiger partial charge < -0.3 is 0 Å². The monoisotopic (exact) mass is 196 g/mol. The molecule has 0 saturated heterocycles. The second-order valence-electron chi connectivity index (χ2n) is 3.58. The molecule has 0 aliphatic carbocycles. The summed E-state index contributed by atoms with van der Waals surface area (Å²) in [7, 11) is -0.850. The fourth-order valence-electron chi connectivity index (χ4n) is 1.24. The Bertz CT molecular complexity index is 290. The summed E-state index contributed by atoms with van der Waals surface area (Å²) in [6.07, 6.45) is 1.09. The summed E-state index contributed by atoms with van der Waals surface area (Å²) >= 11 is 0. The van der Waals surface area contributed by atoms with Gasteiger partial charge in [0.1, 0.15) is 0 Å². The minimum atomic E-state index is -0.850. The molecule has 0 bridgehead atoms. The van der Waals surface area contributed by atoms with E-state index in [1.165, 1.54) is 5.56 Å². The van der Waals surface area contributed by atoms with Gasteiger partial charge in [0, 0.05) is 4.90 Å². The van der Waals surface area contributed by atoms with Crippen molar-refractivity contribution in [3.8, 4) is 0 Å². The van der Waals surface area contributed by atoms with Crippen LogP contribution in [-0.2, 0) is 17.3 Å². The number of nitrogens with one attached hydrogen (secondary N) is 1. The quantitative estimate of drug-likeness (QED) is 0.766. The molecule has 1 aromatic carbocycles. The van der Waals surface area contributed by atoms with E-state index in [0.29, 0.717) is 5.92 Å². The van der Waals surface area contributed by atoms with Gasteiger partial charge in [0.05, 0.1) is 0 Å². The molecule has 0 saturated carbocycles. The lowest BCUT2D eigenvalue weighted by molar-refractivity contribution is 0.647. The molecule has 3 N–H and O–H groups in total. The summed E-state index contributed by atoms with van der Waals surface area (Å²) in [4.78, 5) is 0.910. The standard InChI is InChI=1S/C10H16N2S/c1-8(2)7-9-3-5-10(6-4-9)13(11)12/h3-6,8H,7H2,1-2H3,(H3,11,12). The molecule has 2 nitrogen and oxygen atoms in total. The minimum Gasteiger partial charge on any atom is -0.265 e. The molecule has 0 amide bonds. The van der Waals surface area contributed by atoms with Crippen LogP contribution in [0.15, 0.2) is 29.2 Å². The van der Waals surface area contributed by atoms with Gasteiger partial charge in [-0.1, -0.05) is 26.0 Å². The third-order valence-electron chi connectivity index (χ3n) is 1.82. The Labute approximate surface area is 82.2 Å². The molecule has 0 aliphatic heterocycles. The Hall–Kier alpha value is -0.670. The number of hydrogen-bond donors (Lipinski definition) is 2. The third kappa shape index (κ3) is 3.28. The van der Waals surface area contributed by atoms with E-state index in [1.54, 1.807) is 0 Å². The second-order valence-corrected chi connectivity index (χ2v) is 4.73. The van der Waals surface area contributed by atoms with Crippen LogP contribution in [0.1, 0.15) is 19.4 Å². The van der Waals surface area contributed by atoms with Crippen molar-refractivity contribution in [2.24, 2.45) is 11.1 Å². The Morgan fingerprint density at radius 2 is 1.85 bits per heavy atom. The summed E-state index contributed by atoms with van der Waals surface area (Å²) < 4.78 is 7.34. The fraction of sp³-hybridized carbons (Fsp3) is 0.400. The zero-order chi connectivity index (χ0) is 9.84. The van der Waals surface area contributed by atoms with E-state index in [0.717, 1.165) is 11.3 Å². The summed E-state index contributed by atoms with van der Waals surface area (Å²) in [5, 5.41) is 5.46. The van der Waals surface area contributed by atoms with Crippen LogP contribution >= 0.6 is 0 Å². The van der Waals surface area contributed by atoms with E-state index < -0.39 is 10.9 Å². The van der Waals surface area contributed by atoms with Crippen LogP contribution in [0.3, 0.4) is 0 Å². The molecule has 1 rings (SSSR count). The molecule has 0 heterocycles. The zero-order valence-corrected chi connectivity index (χ0v) is 8.90. The van der Waals surface area contributed by atoms with Gasteiger partial charge in [-0.15, -0.1) is 0 Å². The predicted octanol–water partition coefficient (Wildman–Crippen LogP) is 2.50. The minimum absolute atomic E-state index is 0.679. The highest BCUT2D eigenvalue weighted by molar-refractivity contribution is 7.83. The van der Waals surface area contributed by atoms with Crippen LogP contribution in [0.25, 0.3) is 0 Å². The van der Waals surface area contributed by atoms with E-state index in [4.69, 9.17) is 9.92 Å². The Morgan fingerprint density at radius 1 is 1.31 bits per heavy atom. The van der Waals surface area contributed by atoms with Crippen molar-refractivity contribution in [1.29, 1.82) is 4.78 Å². The maximum atomic E-state index is 7.34. The number of hydrogen-bond acceptors (Lipinski definition) is 1. The van der Waals surface area contributed by atoms with Gasteiger partial charge in [-0.25, -0.2) is 0 Å². The zero-order valence-electron chi connectivity index (χ0n) is 8.08. The van der Waals surface area contributed by atoms with Crippen molar-refractivity contribution in [2.75, 3.05) is 0 Å². The van der Waals surface area contributed by atoms with Crippen LogP contribution in [-0.4, -0.2) is 0 Å². The summed E-state index contributed by atoms with van der Waals surface area (Å²) in [6.45, 7) is 4.40. The van der Waals surface area contributed by atoms with Crippen molar-refractivity contribution >= 4 is 10.9 Å². The van der Waals surface area contributed by atoms with Crippen molar-refractivity contribution in [3.05, 3.63) is 29.8 Å². The summed E-state index contributed by atoms with van der Waals surface area (Å²) in [6, 6.07) is 8.04. The topological polar surface area (TPSA) is 49.9 Å². The lowest BCUT2D eigenvalue weighted by Gasteiger charge is -2.05. The van der Waals surface area contributed by atoms with Gasteiger partial charge in [-0.3, -0.25) is 9.92 Å². The fourth-order valence-corrected chi connectivity index (χ4v) is 1.67. The number of nitrogens with two attached hydrogens (primary N) is 1. The Kier molecular flexibility index (Phi) is 3.63. The molecular weight excluding hydrogens is 180 g/mol. The van der Waals surface area contributed by atoms with Gasteiger partial charge in [-0.2, -0.15) is 0 Å². The molecule has 0 aliphatic rings. The van der Waals surface area contributed by atoms with E-state index in [2.05, 4.69) is 26.0 Å². The largest absolute Gasteiger partial charge is 0.265 e. The molecule has 13 heavy (non-hydrogen) atoms. The molecule has 0 spiro atoms. The molecule has 0 radical (unpaired) electrons. The maximum Gasteiger partial charge on any atom is 0.0327 e. The second kappa shape index (κ2) is 4.53. The van der Waals surface area contributed by atoms with Crippen LogP contribution in [0, 0.1) is 10.7 Å². The lowest BCUT2D eigenvalue weighted by atomic mass is 10.0. The molecule has 0 aromatic heterocycles. The Balaban J connectivity index is 2.75. The summed E-state index contributed by atoms with van der Waals surface area (Å²) in [5.74, 6) is 0.679. The highest BCUT2D eigenvalue weighted by Crippen LogP contribution is 2.10. The van der Waals surface area contributed by atoms with Crippen LogP contribution in [0.5, 0.6) is 0 Å². The lowest BCUT2D eigenvalue weighted by Crippen LogP contribution is -2.01. The molecule has 3 heteroatoms. The molecule has 1 atom stereocenters. The predicted molar refractivity (Wildman–Crippen MR) is 57.5 cm³/mol. The number of rotatable bonds is 3. The van der Waals surface area contributed by atoms with Crippen molar-refractivity contribution in [2.45, 2.75) is 25.2 Å². The van der Waals surface area contributed by atoms with Gasteiger partial charge in [0.2, 0.25) is 0 Å². The normalized spacial score (nSPS) is 13.2. The average molecular weight is 196 g/mol. The molecule has 1 unspecified atom stereocenters. The molecule has 0 fully saturated rings. The maximum absolute atomic E-state index is 7.34. The van der Waals surface area contributed by atoms with E-state index in [1.807, 2.05) is 12.1 Å². The van der Waals surface area contributed by atoms with Gasteiger partial charge in [0.15, 0.2) is 0 Å². The average Bonchev–Trinajstić information content (AvgIpc) is 2.04. The van der Waals surface area contributed by atoms with Crippen LogP contribution < -0.4 is 5.14 Å².